The molecular formula is C16H20N4. The van der Waals surface area contributed by atoms with E-state index in [0.717, 1.165) is 30.5 Å². The molecule has 0 bridgehead atoms. The summed E-state index contributed by atoms with van der Waals surface area (Å²) in [4.78, 5) is 11.3. The standard InChI is InChI=1S/C16H20N4/c1-13-6-5-11-20(12-13)15-9-10-17-16(19-15)18-14-7-3-2-4-8-14/h2-4,7-10,13H,5-6,11-12H2,1H3,(H,17,18,19). The highest BCUT2D eigenvalue weighted by Gasteiger charge is 2.17. The van der Waals surface area contributed by atoms with Gasteiger partial charge in [0.1, 0.15) is 5.82 Å². The SMILES string of the molecule is CC1CCCN(c2ccnc(Nc3ccccc3)n2)C1. The van der Waals surface area contributed by atoms with Crippen molar-refractivity contribution in [3.63, 3.8) is 0 Å². The fraction of sp³-hybridized carbons (Fsp3) is 0.375. The van der Waals surface area contributed by atoms with Crippen molar-refractivity contribution in [2.45, 2.75) is 19.8 Å². The van der Waals surface area contributed by atoms with Crippen LogP contribution in [0.15, 0.2) is 42.6 Å². The second-order valence-corrected chi connectivity index (χ2v) is 5.42. The molecule has 0 spiro atoms. The molecule has 20 heavy (non-hydrogen) atoms. The molecule has 2 heterocycles. The molecule has 3 rings (SSSR count). The molecular weight excluding hydrogens is 248 g/mol. The van der Waals surface area contributed by atoms with Crippen LogP contribution in [0.1, 0.15) is 19.8 Å². The Balaban J connectivity index is 1.75. The summed E-state index contributed by atoms with van der Waals surface area (Å²) in [6.45, 7) is 4.48. The number of rotatable bonds is 3. The van der Waals surface area contributed by atoms with Gasteiger partial charge in [-0.3, -0.25) is 0 Å². The second kappa shape index (κ2) is 5.90. The quantitative estimate of drug-likeness (QED) is 0.925. The Morgan fingerprint density at radius 1 is 1.20 bits per heavy atom. The van der Waals surface area contributed by atoms with Crippen LogP contribution in [0, 0.1) is 5.92 Å². The smallest absolute Gasteiger partial charge is 0.229 e. The zero-order valence-corrected chi connectivity index (χ0v) is 11.8. The molecule has 1 aromatic heterocycles. The summed E-state index contributed by atoms with van der Waals surface area (Å²) in [5.74, 6) is 2.42. The number of hydrogen-bond donors (Lipinski definition) is 1. The monoisotopic (exact) mass is 268 g/mol. The first-order valence-corrected chi connectivity index (χ1v) is 7.21. The fourth-order valence-electron chi connectivity index (χ4n) is 2.63. The van der Waals surface area contributed by atoms with Gasteiger partial charge in [-0.15, -0.1) is 0 Å². The molecule has 2 aromatic rings. The number of piperidine rings is 1. The highest BCUT2D eigenvalue weighted by molar-refractivity contribution is 5.54. The molecule has 0 saturated carbocycles. The molecule has 1 saturated heterocycles. The van der Waals surface area contributed by atoms with E-state index in [4.69, 9.17) is 0 Å². The van der Waals surface area contributed by atoms with Crippen LogP contribution < -0.4 is 10.2 Å². The maximum atomic E-state index is 4.63. The van der Waals surface area contributed by atoms with Crippen LogP contribution in [0.5, 0.6) is 0 Å². The van der Waals surface area contributed by atoms with Crippen LogP contribution in [-0.2, 0) is 0 Å². The Labute approximate surface area is 119 Å². The van der Waals surface area contributed by atoms with E-state index in [1.807, 2.05) is 42.6 Å². The van der Waals surface area contributed by atoms with Crippen molar-refractivity contribution in [2.24, 2.45) is 5.92 Å². The van der Waals surface area contributed by atoms with Crippen LogP contribution in [-0.4, -0.2) is 23.1 Å². The van der Waals surface area contributed by atoms with E-state index < -0.39 is 0 Å². The lowest BCUT2D eigenvalue weighted by Gasteiger charge is -2.31. The number of nitrogens with zero attached hydrogens (tertiary/aromatic N) is 3. The van der Waals surface area contributed by atoms with Gasteiger partial charge < -0.3 is 10.2 Å². The Bertz CT molecular complexity index is 555. The number of benzene rings is 1. The summed E-state index contributed by atoms with van der Waals surface area (Å²) in [6, 6.07) is 12.0. The molecule has 4 heteroatoms. The summed E-state index contributed by atoms with van der Waals surface area (Å²) in [5, 5.41) is 3.25. The van der Waals surface area contributed by atoms with E-state index >= 15 is 0 Å². The van der Waals surface area contributed by atoms with Crippen LogP contribution in [0.25, 0.3) is 0 Å². The van der Waals surface area contributed by atoms with Crippen molar-refractivity contribution in [3.8, 4) is 0 Å². The normalized spacial score (nSPS) is 18.9. The molecule has 4 nitrogen and oxygen atoms in total. The van der Waals surface area contributed by atoms with Gasteiger partial charge in [0.2, 0.25) is 5.95 Å². The predicted octanol–water partition coefficient (Wildman–Crippen LogP) is 3.46. The average molecular weight is 268 g/mol. The zero-order valence-electron chi connectivity index (χ0n) is 11.8. The van der Waals surface area contributed by atoms with E-state index in [2.05, 4.69) is 27.1 Å². The second-order valence-electron chi connectivity index (χ2n) is 5.42. The predicted molar refractivity (Wildman–Crippen MR) is 82.4 cm³/mol. The van der Waals surface area contributed by atoms with Crippen molar-refractivity contribution in [1.29, 1.82) is 0 Å². The average Bonchev–Trinajstić information content (AvgIpc) is 2.49. The van der Waals surface area contributed by atoms with Gasteiger partial charge in [-0.2, -0.15) is 4.98 Å². The van der Waals surface area contributed by atoms with Crippen molar-refractivity contribution in [3.05, 3.63) is 42.6 Å². The number of hydrogen-bond acceptors (Lipinski definition) is 4. The molecule has 1 atom stereocenters. The van der Waals surface area contributed by atoms with E-state index in [-0.39, 0.29) is 0 Å². The number of para-hydroxylation sites is 1. The summed E-state index contributed by atoms with van der Waals surface area (Å²) in [7, 11) is 0. The fourth-order valence-corrected chi connectivity index (χ4v) is 2.63. The number of nitrogens with one attached hydrogen (secondary N) is 1. The van der Waals surface area contributed by atoms with Crippen molar-refractivity contribution < 1.29 is 0 Å². The molecule has 104 valence electrons. The summed E-state index contributed by atoms with van der Waals surface area (Å²) in [6.07, 6.45) is 4.39. The van der Waals surface area contributed by atoms with Crippen LogP contribution in [0.2, 0.25) is 0 Å². The lowest BCUT2D eigenvalue weighted by Crippen LogP contribution is -2.34. The molecule has 1 aliphatic heterocycles. The van der Waals surface area contributed by atoms with Gasteiger partial charge in [-0.1, -0.05) is 25.1 Å². The Morgan fingerprint density at radius 2 is 2.05 bits per heavy atom. The largest absolute Gasteiger partial charge is 0.356 e. The Kier molecular flexibility index (Phi) is 3.81. The van der Waals surface area contributed by atoms with Crippen molar-refractivity contribution >= 4 is 17.5 Å². The van der Waals surface area contributed by atoms with E-state index in [9.17, 15) is 0 Å². The lowest BCUT2D eigenvalue weighted by molar-refractivity contribution is 0.444. The molecule has 1 unspecified atom stereocenters. The summed E-state index contributed by atoms with van der Waals surface area (Å²) >= 11 is 0. The molecule has 1 aliphatic rings. The van der Waals surface area contributed by atoms with Crippen LogP contribution in [0.4, 0.5) is 17.5 Å². The lowest BCUT2D eigenvalue weighted by atomic mass is 10.0. The minimum Gasteiger partial charge on any atom is -0.356 e. The third-order valence-corrected chi connectivity index (χ3v) is 3.65. The minimum atomic E-state index is 0.659. The van der Waals surface area contributed by atoms with E-state index in [1.54, 1.807) is 0 Å². The number of aromatic nitrogens is 2. The topological polar surface area (TPSA) is 41.1 Å². The Morgan fingerprint density at radius 3 is 2.85 bits per heavy atom. The van der Waals surface area contributed by atoms with Gasteiger partial charge in [0.05, 0.1) is 0 Å². The molecule has 1 N–H and O–H groups in total. The van der Waals surface area contributed by atoms with Gasteiger partial charge in [0.15, 0.2) is 0 Å². The molecule has 0 aliphatic carbocycles. The van der Waals surface area contributed by atoms with E-state index in [1.165, 1.54) is 12.8 Å². The molecule has 0 radical (unpaired) electrons. The van der Waals surface area contributed by atoms with E-state index in [0.29, 0.717) is 5.95 Å². The third kappa shape index (κ3) is 3.07. The Hall–Kier alpha value is -2.10. The van der Waals surface area contributed by atoms with Gasteiger partial charge in [0.25, 0.3) is 0 Å². The van der Waals surface area contributed by atoms with Crippen molar-refractivity contribution in [2.75, 3.05) is 23.3 Å². The minimum absolute atomic E-state index is 0.659. The number of anilines is 3. The van der Waals surface area contributed by atoms with Gasteiger partial charge in [-0.25, -0.2) is 4.98 Å². The first kappa shape index (κ1) is 12.9. The molecule has 1 aromatic carbocycles. The molecule has 0 amide bonds. The van der Waals surface area contributed by atoms with Gasteiger partial charge in [-0.05, 0) is 37.0 Å². The first-order chi connectivity index (χ1) is 9.81. The highest BCUT2D eigenvalue weighted by Crippen LogP contribution is 2.22. The maximum absolute atomic E-state index is 4.63. The highest BCUT2D eigenvalue weighted by atomic mass is 15.2. The maximum Gasteiger partial charge on any atom is 0.229 e. The van der Waals surface area contributed by atoms with Crippen LogP contribution in [0.3, 0.4) is 0 Å². The zero-order chi connectivity index (χ0) is 13.8. The summed E-state index contributed by atoms with van der Waals surface area (Å²) < 4.78 is 0. The van der Waals surface area contributed by atoms with Crippen LogP contribution >= 0.6 is 0 Å². The van der Waals surface area contributed by atoms with Gasteiger partial charge in [0, 0.05) is 25.0 Å². The first-order valence-electron chi connectivity index (χ1n) is 7.21. The summed E-state index contributed by atoms with van der Waals surface area (Å²) in [5.41, 5.74) is 1.01. The van der Waals surface area contributed by atoms with Gasteiger partial charge >= 0.3 is 0 Å². The third-order valence-electron chi connectivity index (χ3n) is 3.65. The van der Waals surface area contributed by atoms with Crippen molar-refractivity contribution in [1.82, 2.24) is 9.97 Å². The molecule has 1 fully saturated rings.